The molecule has 0 aliphatic carbocycles. The van der Waals surface area contributed by atoms with Crippen LogP contribution in [0, 0.1) is 6.92 Å². The highest BCUT2D eigenvalue weighted by atomic mass is 35.5. The van der Waals surface area contributed by atoms with Crippen molar-refractivity contribution in [2.45, 2.75) is 20.3 Å². The fraction of sp³-hybridized carbons (Fsp3) is 0.235. The van der Waals surface area contributed by atoms with E-state index in [2.05, 4.69) is 18.3 Å². The normalized spacial score (nSPS) is 10.2. The molecule has 0 aliphatic heterocycles. The van der Waals surface area contributed by atoms with Crippen LogP contribution in [0.25, 0.3) is 0 Å². The molecule has 0 radical (unpaired) electrons. The summed E-state index contributed by atoms with van der Waals surface area (Å²) < 4.78 is 10.5. The molecular weight excluding hydrogens is 302 g/mol. The maximum absolute atomic E-state index is 12.0. The number of halogens is 1. The first-order valence-electron chi connectivity index (χ1n) is 6.94. The van der Waals surface area contributed by atoms with Gasteiger partial charge in [-0.05, 0) is 54.8 Å². The summed E-state index contributed by atoms with van der Waals surface area (Å²) in [5.74, 6) is 1.02. The van der Waals surface area contributed by atoms with Crippen LogP contribution in [0.15, 0.2) is 36.4 Å². The molecule has 22 heavy (non-hydrogen) atoms. The van der Waals surface area contributed by atoms with Crippen LogP contribution in [0.1, 0.15) is 18.1 Å². The minimum Gasteiger partial charge on any atom is -0.495 e. The Morgan fingerprint density at radius 2 is 2.00 bits per heavy atom. The molecule has 0 atom stereocenters. The zero-order valence-electron chi connectivity index (χ0n) is 12.8. The van der Waals surface area contributed by atoms with Crippen molar-refractivity contribution in [2.24, 2.45) is 0 Å². The number of aryl methyl sites for hydroxylation is 2. The Morgan fingerprint density at radius 1 is 1.23 bits per heavy atom. The molecule has 0 bridgehead atoms. The Balaban J connectivity index is 2.13. The van der Waals surface area contributed by atoms with Gasteiger partial charge in [0.25, 0.3) is 0 Å². The smallest absolute Gasteiger partial charge is 0.417 e. The summed E-state index contributed by atoms with van der Waals surface area (Å²) in [7, 11) is 1.52. The van der Waals surface area contributed by atoms with Gasteiger partial charge in [-0.2, -0.15) is 0 Å². The fourth-order valence-corrected chi connectivity index (χ4v) is 2.28. The van der Waals surface area contributed by atoms with Crippen LogP contribution in [-0.4, -0.2) is 13.2 Å². The van der Waals surface area contributed by atoms with Crippen molar-refractivity contribution in [3.05, 3.63) is 52.5 Å². The van der Waals surface area contributed by atoms with Crippen molar-refractivity contribution in [3.63, 3.8) is 0 Å². The van der Waals surface area contributed by atoms with E-state index in [9.17, 15) is 4.79 Å². The summed E-state index contributed by atoms with van der Waals surface area (Å²) in [6.07, 6.45) is 0.287. The summed E-state index contributed by atoms with van der Waals surface area (Å²) >= 11 is 5.93. The number of hydrogen-bond acceptors (Lipinski definition) is 3. The summed E-state index contributed by atoms with van der Waals surface area (Å²) in [5.41, 5.74) is 2.62. The first-order valence-corrected chi connectivity index (χ1v) is 7.32. The molecule has 2 aromatic rings. The Morgan fingerprint density at radius 3 is 2.68 bits per heavy atom. The third kappa shape index (κ3) is 4.15. The second-order valence-electron chi connectivity index (χ2n) is 4.87. The summed E-state index contributed by atoms with van der Waals surface area (Å²) in [6.45, 7) is 4.01. The number of amides is 1. The number of rotatable bonds is 4. The van der Waals surface area contributed by atoms with Crippen molar-refractivity contribution in [1.82, 2.24) is 0 Å². The van der Waals surface area contributed by atoms with Gasteiger partial charge in [0.2, 0.25) is 0 Å². The van der Waals surface area contributed by atoms with Crippen LogP contribution in [0.5, 0.6) is 11.5 Å². The summed E-state index contributed by atoms with van der Waals surface area (Å²) in [6, 6.07) is 10.7. The molecule has 0 aliphatic rings. The zero-order chi connectivity index (χ0) is 16.1. The van der Waals surface area contributed by atoms with Crippen LogP contribution in [0.2, 0.25) is 5.02 Å². The first kappa shape index (κ1) is 16.2. The molecule has 116 valence electrons. The van der Waals surface area contributed by atoms with Gasteiger partial charge >= 0.3 is 6.09 Å². The zero-order valence-corrected chi connectivity index (χ0v) is 13.5. The number of methoxy groups -OCH3 is 1. The van der Waals surface area contributed by atoms with Gasteiger partial charge in [-0.25, -0.2) is 4.79 Å². The minimum atomic E-state index is -0.590. The number of benzene rings is 2. The molecule has 0 saturated heterocycles. The topological polar surface area (TPSA) is 47.6 Å². The van der Waals surface area contributed by atoms with Gasteiger partial charge in [-0.3, -0.25) is 5.32 Å². The van der Waals surface area contributed by atoms with Gasteiger partial charge in [0, 0.05) is 5.02 Å². The van der Waals surface area contributed by atoms with E-state index in [1.54, 1.807) is 18.2 Å². The standard InChI is InChI=1S/C17H18ClNO3/c1-4-12-7-11(2)8-14(9-12)22-17(20)19-15-10-13(18)5-6-16(15)21-3/h5-10H,4H2,1-3H3,(H,19,20). The highest BCUT2D eigenvalue weighted by Crippen LogP contribution is 2.28. The van der Waals surface area contributed by atoms with Gasteiger partial charge in [0.05, 0.1) is 12.8 Å². The number of nitrogens with one attached hydrogen (secondary N) is 1. The Kier molecular flexibility index (Phi) is 5.28. The molecule has 0 unspecified atom stereocenters. The maximum Gasteiger partial charge on any atom is 0.417 e. The fourth-order valence-electron chi connectivity index (χ4n) is 2.11. The van der Waals surface area contributed by atoms with Crippen LogP contribution < -0.4 is 14.8 Å². The predicted molar refractivity (Wildman–Crippen MR) is 88.2 cm³/mol. The molecule has 4 nitrogen and oxygen atoms in total. The Hall–Kier alpha value is -2.20. The number of hydrogen-bond donors (Lipinski definition) is 1. The molecule has 2 aromatic carbocycles. The largest absolute Gasteiger partial charge is 0.495 e. The van der Waals surface area contributed by atoms with E-state index >= 15 is 0 Å². The van der Waals surface area contributed by atoms with Crippen molar-refractivity contribution in [3.8, 4) is 11.5 Å². The van der Waals surface area contributed by atoms with E-state index < -0.39 is 6.09 Å². The third-order valence-corrected chi connectivity index (χ3v) is 3.36. The van der Waals surface area contributed by atoms with Gasteiger partial charge < -0.3 is 9.47 Å². The minimum absolute atomic E-state index is 0.461. The van der Waals surface area contributed by atoms with E-state index in [-0.39, 0.29) is 0 Å². The average molecular weight is 320 g/mol. The SMILES string of the molecule is CCc1cc(C)cc(OC(=O)Nc2cc(Cl)ccc2OC)c1. The number of ether oxygens (including phenoxy) is 2. The molecule has 1 N–H and O–H groups in total. The number of carbonyl (C=O) groups excluding carboxylic acids is 1. The highest BCUT2D eigenvalue weighted by Gasteiger charge is 2.11. The molecule has 0 saturated carbocycles. The predicted octanol–water partition coefficient (Wildman–Crippen LogP) is 4.83. The Labute approximate surface area is 135 Å². The van der Waals surface area contributed by atoms with Crippen molar-refractivity contribution < 1.29 is 14.3 Å². The molecule has 0 heterocycles. The van der Waals surface area contributed by atoms with E-state index in [1.165, 1.54) is 7.11 Å². The van der Waals surface area contributed by atoms with Gasteiger partial charge in [0.1, 0.15) is 11.5 Å². The van der Waals surface area contributed by atoms with E-state index in [0.717, 1.165) is 17.5 Å². The first-order chi connectivity index (χ1) is 10.5. The van der Waals surface area contributed by atoms with Crippen LogP contribution in [-0.2, 0) is 6.42 Å². The molecule has 5 heteroatoms. The molecule has 0 fully saturated rings. The molecule has 1 amide bonds. The number of carbonyl (C=O) groups is 1. The molecule has 0 aromatic heterocycles. The highest BCUT2D eigenvalue weighted by molar-refractivity contribution is 6.31. The number of anilines is 1. The maximum atomic E-state index is 12.0. The molecule has 2 rings (SSSR count). The Bertz CT molecular complexity index is 686. The third-order valence-electron chi connectivity index (χ3n) is 3.13. The van der Waals surface area contributed by atoms with Gasteiger partial charge in [-0.1, -0.05) is 24.6 Å². The van der Waals surface area contributed by atoms with Crippen LogP contribution >= 0.6 is 11.6 Å². The second kappa shape index (κ2) is 7.18. The summed E-state index contributed by atoms with van der Waals surface area (Å²) in [5, 5.41) is 3.14. The van der Waals surface area contributed by atoms with Crippen molar-refractivity contribution >= 4 is 23.4 Å². The molecule has 0 spiro atoms. The summed E-state index contributed by atoms with van der Waals surface area (Å²) in [4.78, 5) is 12.0. The second-order valence-corrected chi connectivity index (χ2v) is 5.30. The lowest BCUT2D eigenvalue weighted by Crippen LogP contribution is -2.17. The van der Waals surface area contributed by atoms with Crippen LogP contribution in [0.4, 0.5) is 10.5 Å². The lowest BCUT2D eigenvalue weighted by molar-refractivity contribution is 0.215. The quantitative estimate of drug-likeness (QED) is 0.878. The van der Waals surface area contributed by atoms with E-state index in [0.29, 0.717) is 22.2 Å². The monoisotopic (exact) mass is 319 g/mol. The van der Waals surface area contributed by atoms with Crippen molar-refractivity contribution in [1.29, 1.82) is 0 Å². The molecular formula is C17H18ClNO3. The van der Waals surface area contributed by atoms with Crippen molar-refractivity contribution in [2.75, 3.05) is 12.4 Å². The lowest BCUT2D eigenvalue weighted by atomic mass is 10.1. The van der Waals surface area contributed by atoms with Crippen LogP contribution in [0.3, 0.4) is 0 Å². The lowest BCUT2D eigenvalue weighted by Gasteiger charge is -2.11. The van der Waals surface area contributed by atoms with E-state index in [4.69, 9.17) is 21.1 Å². The van der Waals surface area contributed by atoms with Gasteiger partial charge in [0.15, 0.2) is 0 Å². The average Bonchev–Trinajstić information content (AvgIpc) is 2.46. The van der Waals surface area contributed by atoms with E-state index in [1.807, 2.05) is 19.1 Å². The van der Waals surface area contributed by atoms with Gasteiger partial charge in [-0.15, -0.1) is 0 Å².